The summed E-state index contributed by atoms with van der Waals surface area (Å²) in [6, 6.07) is 16.5. The van der Waals surface area contributed by atoms with Gasteiger partial charge in [-0.2, -0.15) is 0 Å². The number of hydrogen-bond donors (Lipinski definition) is 2. The van der Waals surface area contributed by atoms with E-state index >= 15 is 0 Å². The Balaban J connectivity index is 1.69. The Kier molecular flexibility index (Phi) is 7.29. The summed E-state index contributed by atoms with van der Waals surface area (Å²) < 4.78 is 16.2. The Morgan fingerprint density at radius 1 is 1.07 bits per heavy atom. The fourth-order valence-electron chi connectivity index (χ4n) is 3.01. The summed E-state index contributed by atoms with van der Waals surface area (Å²) in [5, 5.41) is 12.2. The molecule has 0 atom stereocenters. The number of β-amino-alcohol motifs (C(OH)–C–C–N with tert-alkyl or cyclic N) is 1. The van der Waals surface area contributed by atoms with Crippen molar-refractivity contribution in [2.24, 2.45) is 0 Å². The van der Waals surface area contributed by atoms with E-state index in [1.165, 1.54) is 12.0 Å². The van der Waals surface area contributed by atoms with E-state index in [2.05, 4.69) is 5.32 Å². The summed E-state index contributed by atoms with van der Waals surface area (Å²) in [5.41, 5.74) is 0.859. The molecule has 8 nitrogen and oxygen atoms in total. The third-order valence-electron chi connectivity index (χ3n) is 4.45. The first kappa shape index (κ1) is 21.2. The molecule has 8 heteroatoms. The molecule has 0 bridgehead atoms. The molecule has 2 aromatic rings. The van der Waals surface area contributed by atoms with Gasteiger partial charge in [0.2, 0.25) is 0 Å². The summed E-state index contributed by atoms with van der Waals surface area (Å²) in [7, 11) is 1.26. The summed E-state index contributed by atoms with van der Waals surface area (Å²) in [4.78, 5) is 26.2. The Hall–Kier alpha value is -3.52. The van der Waals surface area contributed by atoms with Crippen molar-refractivity contribution in [2.75, 3.05) is 45.3 Å². The first-order valence-electron chi connectivity index (χ1n) is 9.52. The van der Waals surface area contributed by atoms with Crippen molar-refractivity contribution in [3.8, 4) is 11.5 Å². The number of benzene rings is 2. The monoisotopic (exact) mass is 412 g/mol. The van der Waals surface area contributed by atoms with Gasteiger partial charge in [-0.15, -0.1) is 0 Å². The van der Waals surface area contributed by atoms with Gasteiger partial charge in [-0.1, -0.05) is 30.3 Å². The van der Waals surface area contributed by atoms with Crippen LogP contribution in [0.25, 0.3) is 0 Å². The highest BCUT2D eigenvalue weighted by Gasteiger charge is 2.34. The second-order valence-electron chi connectivity index (χ2n) is 6.43. The number of hydrogen-bond acceptors (Lipinski definition) is 7. The number of rotatable bonds is 10. The van der Waals surface area contributed by atoms with Gasteiger partial charge in [0.1, 0.15) is 30.4 Å². The quantitative estimate of drug-likeness (QED) is 0.454. The lowest BCUT2D eigenvalue weighted by Crippen LogP contribution is -2.31. The van der Waals surface area contributed by atoms with Crippen LogP contribution in [-0.2, 0) is 14.3 Å². The van der Waals surface area contributed by atoms with Gasteiger partial charge in [-0.05, 0) is 24.3 Å². The number of esters is 1. The van der Waals surface area contributed by atoms with Crippen LogP contribution in [0.1, 0.15) is 0 Å². The lowest BCUT2D eigenvalue weighted by atomic mass is 10.2. The fraction of sp³-hybridized carbons (Fsp3) is 0.273. The van der Waals surface area contributed by atoms with E-state index in [4.69, 9.17) is 19.3 Å². The molecule has 0 fully saturated rings. The van der Waals surface area contributed by atoms with Crippen LogP contribution in [0.4, 0.5) is 5.69 Å². The average molecular weight is 412 g/mol. The third-order valence-corrected chi connectivity index (χ3v) is 4.45. The van der Waals surface area contributed by atoms with Gasteiger partial charge in [-0.3, -0.25) is 4.79 Å². The second kappa shape index (κ2) is 10.3. The molecule has 1 heterocycles. The van der Waals surface area contributed by atoms with Crippen LogP contribution < -0.4 is 14.8 Å². The van der Waals surface area contributed by atoms with Crippen molar-refractivity contribution < 1.29 is 28.9 Å². The van der Waals surface area contributed by atoms with Gasteiger partial charge in [0, 0.05) is 6.54 Å². The number of anilines is 1. The first-order chi connectivity index (χ1) is 14.6. The molecule has 0 unspecified atom stereocenters. The van der Waals surface area contributed by atoms with Crippen molar-refractivity contribution in [1.82, 2.24) is 4.90 Å². The number of carbonyl (C=O) groups excluding carboxylic acids is 2. The Morgan fingerprint density at radius 3 is 2.50 bits per heavy atom. The average Bonchev–Trinajstić information content (AvgIpc) is 3.08. The van der Waals surface area contributed by atoms with E-state index in [1.54, 1.807) is 18.2 Å². The Labute approximate surface area is 174 Å². The minimum Gasteiger partial charge on any atom is -0.490 e. The molecule has 0 saturated carbocycles. The van der Waals surface area contributed by atoms with Crippen LogP contribution in [-0.4, -0.2) is 61.9 Å². The number of aliphatic hydroxyl groups excluding tert-OH is 1. The van der Waals surface area contributed by atoms with Crippen molar-refractivity contribution in [3.05, 3.63) is 65.9 Å². The number of carbonyl (C=O) groups is 2. The maximum absolute atomic E-state index is 12.7. The number of nitrogens with one attached hydrogen (secondary N) is 1. The molecule has 0 aliphatic carbocycles. The number of methoxy groups -OCH3 is 1. The summed E-state index contributed by atoms with van der Waals surface area (Å²) >= 11 is 0. The maximum atomic E-state index is 12.7. The third kappa shape index (κ3) is 5.09. The Bertz CT molecular complexity index is 913. The molecule has 2 N–H and O–H groups in total. The smallest absolute Gasteiger partial charge is 0.337 e. The minimum absolute atomic E-state index is 0.0718. The molecule has 1 aliphatic heterocycles. The highest BCUT2D eigenvalue weighted by molar-refractivity contribution is 6.08. The topological polar surface area (TPSA) is 97.3 Å². The van der Waals surface area contributed by atoms with Crippen LogP contribution in [0.5, 0.6) is 11.5 Å². The zero-order valence-electron chi connectivity index (χ0n) is 16.7. The van der Waals surface area contributed by atoms with Gasteiger partial charge in [0.15, 0.2) is 0 Å². The van der Waals surface area contributed by atoms with Gasteiger partial charge < -0.3 is 29.5 Å². The van der Waals surface area contributed by atoms with E-state index < -0.39 is 5.97 Å². The van der Waals surface area contributed by atoms with Crippen LogP contribution in [0.15, 0.2) is 65.9 Å². The molecule has 30 heavy (non-hydrogen) atoms. The molecule has 0 spiro atoms. The predicted molar refractivity (Wildman–Crippen MR) is 110 cm³/mol. The molecule has 0 radical (unpaired) electrons. The predicted octanol–water partition coefficient (Wildman–Crippen LogP) is 1.82. The van der Waals surface area contributed by atoms with E-state index in [9.17, 15) is 9.59 Å². The standard InChI is InChI=1S/C22H24N2O6/c1-28-22(27)17-15-24(11-12-25)21(26)20(17)23-18-9-5-6-10-19(18)30-14-13-29-16-7-3-2-4-8-16/h2-10,23,25H,11-15H2,1H3. The SMILES string of the molecule is COC(=O)C1=C(Nc2ccccc2OCCOc2ccccc2)C(=O)N(CCO)C1. The summed E-state index contributed by atoms with van der Waals surface area (Å²) in [5.74, 6) is 0.285. The second-order valence-corrected chi connectivity index (χ2v) is 6.43. The molecule has 1 aliphatic rings. The molecular formula is C22H24N2O6. The number of nitrogens with zero attached hydrogens (tertiary/aromatic N) is 1. The van der Waals surface area contributed by atoms with Gasteiger partial charge in [0.05, 0.1) is 31.5 Å². The molecule has 0 saturated heterocycles. The van der Waals surface area contributed by atoms with Crippen molar-refractivity contribution in [1.29, 1.82) is 0 Å². The van der Waals surface area contributed by atoms with Gasteiger partial charge in [-0.25, -0.2) is 4.79 Å². The fourth-order valence-corrected chi connectivity index (χ4v) is 3.01. The molecule has 3 rings (SSSR count). The van der Waals surface area contributed by atoms with Crippen molar-refractivity contribution in [2.45, 2.75) is 0 Å². The molecular weight excluding hydrogens is 388 g/mol. The molecule has 1 amide bonds. The van der Waals surface area contributed by atoms with Crippen molar-refractivity contribution >= 4 is 17.6 Å². The summed E-state index contributed by atoms with van der Waals surface area (Å²) in [6.45, 7) is 0.634. The van der Waals surface area contributed by atoms with E-state index in [-0.39, 0.29) is 36.9 Å². The number of ether oxygens (including phenoxy) is 3. The van der Waals surface area contributed by atoms with Crippen LogP contribution >= 0.6 is 0 Å². The lowest BCUT2D eigenvalue weighted by Gasteiger charge is -2.16. The lowest BCUT2D eigenvalue weighted by molar-refractivity contribution is -0.136. The molecule has 0 aromatic heterocycles. The van der Waals surface area contributed by atoms with Crippen LogP contribution in [0, 0.1) is 0 Å². The Morgan fingerprint density at radius 2 is 1.77 bits per heavy atom. The van der Waals surface area contributed by atoms with E-state index in [1.807, 2.05) is 36.4 Å². The van der Waals surface area contributed by atoms with Crippen LogP contribution in [0.2, 0.25) is 0 Å². The number of amides is 1. The van der Waals surface area contributed by atoms with Gasteiger partial charge >= 0.3 is 5.97 Å². The van der Waals surface area contributed by atoms with E-state index in [0.29, 0.717) is 24.7 Å². The number of aliphatic hydroxyl groups is 1. The molecule has 2 aromatic carbocycles. The largest absolute Gasteiger partial charge is 0.490 e. The minimum atomic E-state index is -0.596. The molecule has 158 valence electrons. The van der Waals surface area contributed by atoms with Crippen LogP contribution in [0.3, 0.4) is 0 Å². The zero-order valence-corrected chi connectivity index (χ0v) is 16.7. The van der Waals surface area contributed by atoms with E-state index in [0.717, 1.165) is 5.75 Å². The normalized spacial score (nSPS) is 13.4. The first-order valence-corrected chi connectivity index (χ1v) is 9.52. The maximum Gasteiger partial charge on any atom is 0.337 e. The van der Waals surface area contributed by atoms with Crippen molar-refractivity contribution in [3.63, 3.8) is 0 Å². The highest BCUT2D eigenvalue weighted by atomic mass is 16.5. The summed E-state index contributed by atoms with van der Waals surface area (Å²) in [6.07, 6.45) is 0. The highest BCUT2D eigenvalue weighted by Crippen LogP contribution is 2.29. The number of para-hydroxylation sites is 3. The van der Waals surface area contributed by atoms with Gasteiger partial charge in [0.25, 0.3) is 5.91 Å². The zero-order chi connectivity index (χ0) is 21.3.